The molecule has 2 nitrogen and oxygen atoms in total. The van der Waals surface area contributed by atoms with Crippen molar-refractivity contribution in [1.29, 1.82) is 0 Å². The Bertz CT molecular complexity index is 655. The second-order valence-electron chi connectivity index (χ2n) is 6.24. The molecule has 2 aromatic rings. The molecule has 0 amide bonds. The fourth-order valence-corrected chi connectivity index (χ4v) is 3.15. The molecule has 1 fully saturated rings. The maximum atomic E-state index is 13.1. The number of rotatable bonds is 6. The Morgan fingerprint density at radius 3 is 2.43 bits per heavy atom. The molecular formula is C19H21ClFNO. The summed E-state index contributed by atoms with van der Waals surface area (Å²) in [6, 6.07) is 12.4. The summed E-state index contributed by atoms with van der Waals surface area (Å²) in [5.41, 5.74) is 2.86. The fraction of sp³-hybridized carbons (Fsp3) is 0.368. The van der Waals surface area contributed by atoms with E-state index in [0.717, 1.165) is 29.9 Å². The van der Waals surface area contributed by atoms with Crippen molar-refractivity contribution in [3.05, 3.63) is 64.4 Å². The molecule has 0 aromatic heterocycles. The summed E-state index contributed by atoms with van der Waals surface area (Å²) in [7, 11) is 0. The molecule has 0 heterocycles. The molecule has 2 aromatic carbocycles. The zero-order valence-corrected chi connectivity index (χ0v) is 13.8. The summed E-state index contributed by atoms with van der Waals surface area (Å²) in [5.74, 6) is 0.501. The predicted octanol–water partition coefficient (Wildman–Crippen LogP) is 4.78. The van der Waals surface area contributed by atoms with Gasteiger partial charge in [0.25, 0.3) is 0 Å². The van der Waals surface area contributed by atoms with E-state index in [0.29, 0.717) is 10.9 Å². The summed E-state index contributed by atoms with van der Waals surface area (Å²) >= 11 is 6.25. The van der Waals surface area contributed by atoms with E-state index in [-0.39, 0.29) is 12.4 Å². The lowest BCUT2D eigenvalue weighted by molar-refractivity contribution is 0.282. The Hall–Kier alpha value is -1.58. The quantitative estimate of drug-likeness (QED) is 0.822. The van der Waals surface area contributed by atoms with Crippen molar-refractivity contribution in [3.63, 3.8) is 0 Å². The molecule has 0 aliphatic heterocycles. The largest absolute Gasteiger partial charge is 0.392 e. The standard InChI is InChI=1S/C19H21ClFNO/c20-19-10-18(9-6-16(19)13-23)22(11-14-2-1-3-14)12-15-4-7-17(21)8-5-15/h4-10,14,23H,1-3,11-13H2. The van der Waals surface area contributed by atoms with Crippen molar-refractivity contribution >= 4 is 17.3 Å². The van der Waals surface area contributed by atoms with Crippen LogP contribution in [0, 0.1) is 11.7 Å². The van der Waals surface area contributed by atoms with Gasteiger partial charge in [-0.2, -0.15) is 0 Å². The van der Waals surface area contributed by atoms with Crippen molar-refractivity contribution in [2.75, 3.05) is 11.4 Å². The number of benzene rings is 2. The van der Waals surface area contributed by atoms with Crippen LogP contribution in [0.5, 0.6) is 0 Å². The third kappa shape index (κ3) is 4.04. The van der Waals surface area contributed by atoms with Gasteiger partial charge < -0.3 is 10.0 Å². The molecule has 1 aliphatic rings. The number of hydrogen-bond acceptors (Lipinski definition) is 2. The summed E-state index contributed by atoms with van der Waals surface area (Å²) in [6.07, 6.45) is 3.84. The summed E-state index contributed by atoms with van der Waals surface area (Å²) in [4.78, 5) is 2.30. The van der Waals surface area contributed by atoms with Crippen molar-refractivity contribution < 1.29 is 9.50 Å². The smallest absolute Gasteiger partial charge is 0.123 e. The third-order valence-corrected chi connectivity index (χ3v) is 4.91. The average Bonchev–Trinajstić information content (AvgIpc) is 2.51. The van der Waals surface area contributed by atoms with Gasteiger partial charge >= 0.3 is 0 Å². The van der Waals surface area contributed by atoms with Crippen molar-refractivity contribution in [1.82, 2.24) is 0 Å². The van der Waals surface area contributed by atoms with Crippen molar-refractivity contribution in [3.8, 4) is 0 Å². The zero-order chi connectivity index (χ0) is 16.2. The molecule has 122 valence electrons. The van der Waals surface area contributed by atoms with E-state index in [1.807, 2.05) is 30.3 Å². The molecule has 3 rings (SSSR count). The average molecular weight is 334 g/mol. The van der Waals surface area contributed by atoms with Gasteiger partial charge in [-0.15, -0.1) is 0 Å². The molecule has 0 bridgehead atoms. The lowest BCUT2D eigenvalue weighted by Gasteiger charge is -2.34. The maximum absolute atomic E-state index is 13.1. The lowest BCUT2D eigenvalue weighted by Crippen LogP contribution is -2.32. The fourth-order valence-electron chi connectivity index (χ4n) is 2.92. The van der Waals surface area contributed by atoms with Crippen LogP contribution >= 0.6 is 11.6 Å². The van der Waals surface area contributed by atoms with Crippen LogP contribution in [0.2, 0.25) is 5.02 Å². The van der Waals surface area contributed by atoms with E-state index in [2.05, 4.69) is 4.90 Å². The first-order valence-electron chi connectivity index (χ1n) is 8.04. The van der Waals surface area contributed by atoms with Gasteiger partial charge in [0.1, 0.15) is 5.82 Å². The second-order valence-corrected chi connectivity index (χ2v) is 6.64. The van der Waals surface area contributed by atoms with Crippen LogP contribution in [0.1, 0.15) is 30.4 Å². The van der Waals surface area contributed by atoms with Crippen LogP contribution in [0.15, 0.2) is 42.5 Å². The molecule has 0 saturated heterocycles. The Kier molecular flexibility index (Phi) is 5.19. The molecule has 1 saturated carbocycles. The van der Waals surface area contributed by atoms with Gasteiger partial charge in [-0.3, -0.25) is 0 Å². The Morgan fingerprint density at radius 1 is 1.13 bits per heavy atom. The van der Waals surface area contributed by atoms with E-state index in [9.17, 15) is 9.50 Å². The number of hydrogen-bond donors (Lipinski definition) is 1. The first-order chi connectivity index (χ1) is 11.2. The van der Waals surface area contributed by atoms with Gasteiger partial charge in [-0.25, -0.2) is 4.39 Å². The minimum absolute atomic E-state index is 0.0559. The number of aliphatic hydroxyl groups is 1. The highest BCUT2D eigenvalue weighted by atomic mass is 35.5. The number of nitrogens with zero attached hydrogens (tertiary/aromatic N) is 1. The molecule has 0 unspecified atom stereocenters. The molecule has 4 heteroatoms. The number of aliphatic hydroxyl groups excluding tert-OH is 1. The lowest BCUT2D eigenvalue weighted by atomic mass is 9.85. The minimum Gasteiger partial charge on any atom is -0.392 e. The van der Waals surface area contributed by atoms with E-state index in [1.54, 1.807) is 0 Å². The Morgan fingerprint density at radius 2 is 1.87 bits per heavy atom. The van der Waals surface area contributed by atoms with E-state index in [1.165, 1.54) is 31.4 Å². The van der Waals surface area contributed by atoms with Crippen LogP contribution < -0.4 is 4.90 Å². The summed E-state index contributed by atoms with van der Waals surface area (Å²) < 4.78 is 13.1. The molecule has 0 radical (unpaired) electrons. The predicted molar refractivity (Wildman–Crippen MR) is 92.2 cm³/mol. The van der Waals surface area contributed by atoms with Crippen molar-refractivity contribution in [2.45, 2.75) is 32.4 Å². The van der Waals surface area contributed by atoms with E-state index < -0.39 is 0 Å². The molecule has 0 atom stereocenters. The highest BCUT2D eigenvalue weighted by Gasteiger charge is 2.21. The van der Waals surface area contributed by atoms with Gasteiger partial charge in [0.2, 0.25) is 0 Å². The summed E-state index contributed by atoms with van der Waals surface area (Å²) in [6.45, 7) is 1.65. The van der Waals surface area contributed by atoms with Crippen LogP contribution in [0.25, 0.3) is 0 Å². The molecule has 0 spiro atoms. The second kappa shape index (κ2) is 7.33. The monoisotopic (exact) mass is 333 g/mol. The van der Waals surface area contributed by atoms with E-state index >= 15 is 0 Å². The normalized spacial score (nSPS) is 14.6. The Balaban J connectivity index is 1.82. The molecule has 23 heavy (non-hydrogen) atoms. The van der Waals surface area contributed by atoms with E-state index in [4.69, 9.17) is 11.6 Å². The first-order valence-corrected chi connectivity index (χ1v) is 8.42. The van der Waals surface area contributed by atoms with Gasteiger partial charge in [0.05, 0.1) is 6.61 Å². The molecule has 1 N–H and O–H groups in total. The number of anilines is 1. The van der Waals surface area contributed by atoms with Crippen LogP contribution in [0.3, 0.4) is 0 Å². The maximum Gasteiger partial charge on any atom is 0.123 e. The first kappa shape index (κ1) is 16.3. The topological polar surface area (TPSA) is 23.5 Å². The highest BCUT2D eigenvalue weighted by Crippen LogP contribution is 2.31. The number of halogens is 2. The Labute approximate surface area is 141 Å². The SMILES string of the molecule is OCc1ccc(N(Cc2ccc(F)cc2)CC2CCC2)cc1Cl. The van der Waals surface area contributed by atoms with Crippen LogP contribution in [0.4, 0.5) is 10.1 Å². The van der Waals surface area contributed by atoms with Gasteiger partial charge in [-0.1, -0.05) is 36.2 Å². The highest BCUT2D eigenvalue weighted by molar-refractivity contribution is 6.31. The van der Waals surface area contributed by atoms with Gasteiger partial charge in [0, 0.05) is 23.8 Å². The molecule has 1 aliphatic carbocycles. The minimum atomic E-state index is -0.213. The van der Waals surface area contributed by atoms with Gasteiger partial charge in [0.15, 0.2) is 0 Å². The van der Waals surface area contributed by atoms with Gasteiger partial charge in [-0.05, 0) is 54.2 Å². The van der Waals surface area contributed by atoms with Crippen LogP contribution in [-0.4, -0.2) is 11.7 Å². The van der Waals surface area contributed by atoms with Crippen LogP contribution in [-0.2, 0) is 13.2 Å². The summed E-state index contributed by atoms with van der Waals surface area (Å²) in [5, 5.41) is 9.85. The molecular weight excluding hydrogens is 313 g/mol. The van der Waals surface area contributed by atoms with Crippen molar-refractivity contribution in [2.24, 2.45) is 5.92 Å². The zero-order valence-electron chi connectivity index (χ0n) is 13.0. The third-order valence-electron chi connectivity index (χ3n) is 4.56.